The summed E-state index contributed by atoms with van der Waals surface area (Å²) in [6, 6.07) is 16.1. The number of thiophene rings is 2. The molecule has 8 heteroatoms. The van der Waals surface area contributed by atoms with Crippen molar-refractivity contribution >= 4 is 39.3 Å². The third-order valence-corrected chi connectivity index (χ3v) is 7.81. The van der Waals surface area contributed by atoms with Gasteiger partial charge in [0.15, 0.2) is 5.06 Å². The predicted molar refractivity (Wildman–Crippen MR) is 118 cm³/mol. The zero-order valence-electron chi connectivity index (χ0n) is 15.4. The van der Waals surface area contributed by atoms with Gasteiger partial charge in [-0.2, -0.15) is 0 Å². The fourth-order valence-electron chi connectivity index (χ4n) is 3.03. The van der Waals surface area contributed by atoms with Crippen molar-refractivity contribution in [2.24, 2.45) is 0 Å². The largest absolute Gasteiger partial charge is 0.447 e. The van der Waals surface area contributed by atoms with Crippen LogP contribution < -0.4 is 19.7 Å². The number of hydrogen-bond acceptors (Lipinski definition) is 6. The van der Waals surface area contributed by atoms with E-state index in [0.29, 0.717) is 6.54 Å². The Morgan fingerprint density at radius 2 is 2.04 bits per heavy atom. The monoisotopic (exact) mass is 433 g/mol. The maximum atomic E-state index is 12.4. The summed E-state index contributed by atoms with van der Waals surface area (Å²) in [5, 5.41) is 6.18. The van der Waals surface area contributed by atoms with Crippen molar-refractivity contribution in [2.75, 3.05) is 37.6 Å². The summed E-state index contributed by atoms with van der Waals surface area (Å²) in [5.74, 6) is 0.806. The topological polar surface area (TPSA) is 53.6 Å². The molecule has 1 fully saturated rings. The van der Waals surface area contributed by atoms with E-state index in [1.54, 1.807) is 11.3 Å². The molecule has 2 aromatic heterocycles. The molecule has 28 heavy (non-hydrogen) atoms. The molecule has 0 bridgehead atoms. The summed E-state index contributed by atoms with van der Waals surface area (Å²) in [7, 11) is -1.21. The highest BCUT2D eigenvalue weighted by atomic mass is 32.2. The minimum atomic E-state index is -1.21. The van der Waals surface area contributed by atoms with Crippen molar-refractivity contribution in [2.45, 2.75) is 10.6 Å². The van der Waals surface area contributed by atoms with Crippen molar-refractivity contribution in [3.8, 4) is 10.8 Å². The second-order valence-corrected chi connectivity index (χ2v) is 10.0. The molecule has 1 unspecified atom stereocenters. The van der Waals surface area contributed by atoms with Crippen LogP contribution in [0.2, 0.25) is 0 Å². The van der Waals surface area contributed by atoms with Crippen molar-refractivity contribution in [3.63, 3.8) is 0 Å². The second-order valence-electron chi connectivity index (χ2n) is 6.40. The van der Waals surface area contributed by atoms with Crippen LogP contribution in [0.25, 0.3) is 0 Å². The Hall–Kier alpha value is -1.71. The van der Waals surface area contributed by atoms with Crippen molar-refractivity contribution in [3.05, 3.63) is 58.8 Å². The first-order valence-electron chi connectivity index (χ1n) is 9.29. The molecule has 2 N–H and O–H groups in total. The van der Waals surface area contributed by atoms with E-state index in [0.717, 1.165) is 47.6 Å². The van der Waals surface area contributed by atoms with Crippen molar-refractivity contribution in [1.82, 2.24) is 10.0 Å². The molecule has 1 saturated heterocycles. The summed E-state index contributed by atoms with van der Waals surface area (Å²) in [5.41, 5.74) is 1.18. The average molecular weight is 434 g/mol. The molecule has 3 aromatic rings. The Kier molecular flexibility index (Phi) is 6.77. The normalized spacial score (nSPS) is 15.5. The van der Waals surface area contributed by atoms with Crippen LogP contribution in [0, 0.1) is 0 Å². The number of anilines is 1. The zero-order chi connectivity index (χ0) is 19.2. The number of hydrogen-bond donors (Lipinski definition) is 2. The highest BCUT2D eigenvalue weighted by molar-refractivity contribution is 7.85. The second kappa shape index (κ2) is 9.67. The molecule has 0 amide bonds. The number of ether oxygens (including phenoxy) is 1. The van der Waals surface area contributed by atoms with Crippen molar-refractivity contribution in [1.29, 1.82) is 0 Å². The van der Waals surface area contributed by atoms with Crippen LogP contribution in [0.15, 0.2) is 58.1 Å². The van der Waals surface area contributed by atoms with E-state index < -0.39 is 11.0 Å². The highest BCUT2D eigenvalue weighted by Crippen LogP contribution is 2.32. The molecule has 4 rings (SSSR count). The number of nitrogens with zero attached hydrogens (tertiary/aromatic N) is 1. The third-order valence-electron chi connectivity index (χ3n) is 4.44. The van der Waals surface area contributed by atoms with Crippen LogP contribution in [-0.2, 0) is 17.4 Å². The molecule has 3 heterocycles. The van der Waals surface area contributed by atoms with Gasteiger partial charge in [-0.05, 0) is 42.1 Å². The van der Waals surface area contributed by atoms with Crippen LogP contribution in [0.1, 0.15) is 4.88 Å². The smallest absolute Gasteiger partial charge is 0.182 e. The highest BCUT2D eigenvalue weighted by Gasteiger charge is 2.12. The van der Waals surface area contributed by atoms with Gasteiger partial charge in [0, 0.05) is 49.4 Å². The maximum absolute atomic E-state index is 12.4. The Balaban J connectivity index is 1.33. The van der Waals surface area contributed by atoms with Gasteiger partial charge < -0.3 is 15.0 Å². The van der Waals surface area contributed by atoms with Crippen LogP contribution in [0.3, 0.4) is 0 Å². The maximum Gasteiger partial charge on any atom is 0.182 e. The van der Waals surface area contributed by atoms with Gasteiger partial charge in [0.05, 0.1) is 0 Å². The zero-order valence-corrected chi connectivity index (χ0v) is 17.9. The molecule has 1 atom stereocenters. The molecular weight excluding hydrogens is 410 g/mol. The molecule has 0 saturated carbocycles. The van der Waals surface area contributed by atoms with Crippen molar-refractivity contribution < 1.29 is 8.95 Å². The lowest BCUT2D eigenvalue weighted by Gasteiger charge is -2.29. The van der Waals surface area contributed by atoms with Gasteiger partial charge in [-0.1, -0.05) is 23.5 Å². The van der Waals surface area contributed by atoms with Gasteiger partial charge in [-0.15, -0.1) is 11.3 Å². The molecule has 5 nitrogen and oxygen atoms in total. The molecular formula is C20H23N3O2S3. The lowest BCUT2D eigenvalue weighted by Crippen LogP contribution is -2.43. The van der Waals surface area contributed by atoms with Gasteiger partial charge in [-0.3, -0.25) is 0 Å². The summed E-state index contributed by atoms with van der Waals surface area (Å²) < 4.78 is 22.3. The average Bonchev–Trinajstić information content (AvgIpc) is 3.41. The van der Waals surface area contributed by atoms with E-state index in [4.69, 9.17) is 4.74 Å². The Morgan fingerprint density at radius 3 is 2.86 bits per heavy atom. The van der Waals surface area contributed by atoms with E-state index in [-0.39, 0.29) is 0 Å². The standard InChI is InChI=1S/C20H23N3O2S3/c24-28(22-9-8-18-5-2-14-26-18)20-7-6-19(27-20)25-17-4-1-3-16(15-17)23-12-10-21-11-13-23/h1-7,14-15,21-22H,8-13H2. The quantitative estimate of drug-likeness (QED) is 0.566. The van der Waals surface area contributed by atoms with E-state index in [1.807, 2.05) is 30.3 Å². The van der Waals surface area contributed by atoms with Gasteiger partial charge in [0.25, 0.3) is 0 Å². The Labute approximate surface area is 175 Å². The lowest BCUT2D eigenvalue weighted by atomic mass is 10.2. The molecule has 1 aliphatic rings. The Bertz CT molecular complexity index is 905. The lowest BCUT2D eigenvalue weighted by molar-refractivity contribution is 0.496. The van der Waals surface area contributed by atoms with Gasteiger partial charge in [0.1, 0.15) is 20.9 Å². The van der Waals surface area contributed by atoms with Crippen LogP contribution >= 0.6 is 22.7 Å². The van der Waals surface area contributed by atoms with Crippen LogP contribution in [0.4, 0.5) is 5.69 Å². The minimum absolute atomic E-state index is 0.688. The van der Waals surface area contributed by atoms with Crippen LogP contribution in [-0.4, -0.2) is 36.9 Å². The van der Waals surface area contributed by atoms with Gasteiger partial charge >= 0.3 is 0 Å². The fraction of sp³-hybridized carbons (Fsp3) is 0.300. The summed E-state index contributed by atoms with van der Waals surface area (Å²) in [6.07, 6.45) is 0.886. The third kappa shape index (κ3) is 5.21. The molecule has 0 aliphatic carbocycles. The number of nitrogens with one attached hydrogen (secondary N) is 2. The Morgan fingerprint density at radius 1 is 1.14 bits per heavy atom. The summed E-state index contributed by atoms with van der Waals surface area (Å²) in [6.45, 7) is 4.70. The summed E-state index contributed by atoms with van der Waals surface area (Å²) >= 11 is 3.14. The van der Waals surface area contributed by atoms with E-state index in [2.05, 4.69) is 38.5 Å². The van der Waals surface area contributed by atoms with E-state index in [1.165, 1.54) is 21.9 Å². The predicted octanol–water partition coefficient (Wildman–Crippen LogP) is 3.87. The molecule has 0 radical (unpaired) electrons. The van der Waals surface area contributed by atoms with E-state index in [9.17, 15) is 4.21 Å². The van der Waals surface area contributed by atoms with E-state index >= 15 is 0 Å². The minimum Gasteiger partial charge on any atom is -0.447 e. The SMILES string of the molecule is O=S(NCCc1cccs1)c1ccc(Oc2cccc(N3CCNCC3)c2)s1. The first kappa shape index (κ1) is 19.6. The fourth-order valence-corrected chi connectivity index (χ4v) is 5.70. The number of rotatable bonds is 8. The first-order valence-corrected chi connectivity index (χ1v) is 12.1. The van der Waals surface area contributed by atoms with Gasteiger partial charge in [-0.25, -0.2) is 8.93 Å². The van der Waals surface area contributed by atoms with Gasteiger partial charge in [0.2, 0.25) is 0 Å². The molecule has 1 aromatic carbocycles. The molecule has 148 valence electrons. The van der Waals surface area contributed by atoms with Crippen LogP contribution in [0.5, 0.6) is 10.8 Å². The number of benzene rings is 1. The molecule has 1 aliphatic heterocycles. The number of piperazine rings is 1. The first-order chi connectivity index (χ1) is 13.8. The summed E-state index contributed by atoms with van der Waals surface area (Å²) in [4.78, 5) is 3.65. The molecule has 0 spiro atoms.